The highest BCUT2D eigenvalue weighted by Crippen LogP contribution is 2.42. The summed E-state index contributed by atoms with van der Waals surface area (Å²) in [6, 6.07) is 16.9. The molecule has 2 aromatic heterocycles. The van der Waals surface area contributed by atoms with Crippen molar-refractivity contribution in [3.05, 3.63) is 82.3 Å². The maximum Gasteiger partial charge on any atom is 0.351 e. The normalized spacial score (nSPS) is 13.5. The van der Waals surface area contributed by atoms with Gasteiger partial charge in [0, 0.05) is 7.11 Å². The molecule has 0 bridgehead atoms. The van der Waals surface area contributed by atoms with Gasteiger partial charge in [-0.3, -0.25) is 9.13 Å². The van der Waals surface area contributed by atoms with Gasteiger partial charge < -0.3 is 34.7 Å². The van der Waals surface area contributed by atoms with Crippen LogP contribution in [0.15, 0.2) is 65.5 Å². The Morgan fingerprint density at radius 1 is 1.03 bits per heavy atom. The van der Waals surface area contributed by atoms with Gasteiger partial charge in [-0.2, -0.15) is 9.97 Å². The largest absolute Gasteiger partial charge is 0.461 e. The predicted octanol–water partition coefficient (Wildman–Crippen LogP) is 2.21. The van der Waals surface area contributed by atoms with Crippen molar-refractivity contribution in [3.63, 3.8) is 0 Å². The van der Waals surface area contributed by atoms with E-state index >= 15 is 0 Å². The van der Waals surface area contributed by atoms with Crippen molar-refractivity contribution < 1.29 is 28.6 Å². The molecular weight excluding hydrogens is 489 g/mol. The molecule has 0 aliphatic carbocycles. The summed E-state index contributed by atoms with van der Waals surface area (Å²) in [6.45, 7) is 0.455. The molecule has 5 N–H and O–H groups in total. The zero-order valence-corrected chi connectivity index (χ0v) is 20.2. The fraction of sp³-hybridized carbons (Fsp3) is 0.261. The van der Waals surface area contributed by atoms with Crippen molar-refractivity contribution in [3.8, 4) is 6.01 Å². The Bertz CT molecular complexity index is 1410. The van der Waals surface area contributed by atoms with Crippen LogP contribution < -0.4 is 16.2 Å². The number of nitrogens with zero attached hydrogens (tertiary/aromatic N) is 3. The number of methoxy groups -OCH3 is 1. The van der Waals surface area contributed by atoms with E-state index in [1.165, 1.54) is 11.7 Å². The number of nitrogen functional groups attached to an aromatic ring is 1. The van der Waals surface area contributed by atoms with Crippen molar-refractivity contribution in [2.45, 2.75) is 12.1 Å². The van der Waals surface area contributed by atoms with Crippen LogP contribution in [0, 0.1) is 0 Å². The fourth-order valence-electron chi connectivity index (χ4n) is 3.84. The highest BCUT2D eigenvalue weighted by molar-refractivity contribution is 7.51. The number of hydrogen-bond acceptors (Lipinski definition) is 8. The third-order valence-electron chi connectivity index (χ3n) is 5.35. The summed E-state index contributed by atoms with van der Waals surface area (Å²) in [6.07, 6.45) is -1.83. The molecule has 12 nitrogen and oxygen atoms in total. The first-order chi connectivity index (χ1) is 17.3. The molecule has 0 unspecified atom stereocenters. The SMILES string of the molecule is COCCOc1nc(N)c2[nH]c(=O)n([C@H](c3ccccc3)[C@H](OCP(=O)(O)O)c3ccccc3)c2n1. The molecule has 0 saturated carbocycles. The number of rotatable bonds is 11. The number of hydrogen-bond donors (Lipinski definition) is 4. The van der Waals surface area contributed by atoms with E-state index in [4.69, 9.17) is 19.9 Å². The van der Waals surface area contributed by atoms with E-state index < -0.39 is 31.8 Å². The van der Waals surface area contributed by atoms with Crippen LogP contribution >= 0.6 is 7.60 Å². The number of nitrogens with two attached hydrogens (primary N) is 1. The van der Waals surface area contributed by atoms with Crippen LogP contribution in [0.25, 0.3) is 11.2 Å². The first kappa shape index (κ1) is 25.5. The van der Waals surface area contributed by atoms with Gasteiger partial charge in [0.05, 0.1) is 12.6 Å². The Balaban J connectivity index is 1.93. The van der Waals surface area contributed by atoms with E-state index in [0.29, 0.717) is 17.7 Å². The maximum absolute atomic E-state index is 13.3. The molecule has 4 aromatic rings. The summed E-state index contributed by atoms with van der Waals surface area (Å²) in [5, 5.41) is 0. The van der Waals surface area contributed by atoms with Gasteiger partial charge in [0.15, 0.2) is 11.5 Å². The summed E-state index contributed by atoms with van der Waals surface area (Å²) in [5.41, 5.74) is 7.12. The number of H-pyrrole nitrogens is 1. The Morgan fingerprint density at radius 3 is 2.28 bits per heavy atom. The first-order valence-corrected chi connectivity index (χ1v) is 12.7. The van der Waals surface area contributed by atoms with Gasteiger partial charge in [-0.25, -0.2) is 4.79 Å². The van der Waals surface area contributed by atoms with Crippen molar-refractivity contribution in [1.29, 1.82) is 0 Å². The summed E-state index contributed by atoms with van der Waals surface area (Å²) in [5.74, 6) is 0.00229. The smallest absolute Gasteiger partial charge is 0.351 e. The molecule has 0 amide bonds. The lowest BCUT2D eigenvalue weighted by Gasteiger charge is -2.29. The summed E-state index contributed by atoms with van der Waals surface area (Å²) in [4.78, 5) is 43.6. The number of fused-ring (bicyclic) bond motifs is 1. The number of aromatic amines is 1. The number of nitrogens with one attached hydrogen (secondary N) is 1. The average Bonchev–Trinajstić information content (AvgIpc) is 3.18. The molecule has 190 valence electrons. The second kappa shape index (κ2) is 11.0. The molecule has 0 fully saturated rings. The first-order valence-electron chi connectivity index (χ1n) is 10.9. The molecule has 0 radical (unpaired) electrons. The molecule has 0 aliphatic heterocycles. The van der Waals surface area contributed by atoms with E-state index in [0.717, 1.165) is 0 Å². The zero-order chi connectivity index (χ0) is 25.7. The minimum absolute atomic E-state index is 0.00229. The minimum Gasteiger partial charge on any atom is -0.461 e. The topological polar surface area (TPSA) is 175 Å². The van der Waals surface area contributed by atoms with Crippen LogP contribution in [0.5, 0.6) is 6.01 Å². The number of anilines is 1. The van der Waals surface area contributed by atoms with E-state index in [2.05, 4.69) is 15.0 Å². The van der Waals surface area contributed by atoms with E-state index in [1.54, 1.807) is 54.6 Å². The number of aromatic nitrogens is 4. The van der Waals surface area contributed by atoms with Crippen LogP contribution in [0.3, 0.4) is 0 Å². The minimum atomic E-state index is -4.53. The van der Waals surface area contributed by atoms with Crippen LogP contribution in [0.4, 0.5) is 5.82 Å². The predicted molar refractivity (Wildman–Crippen MR) is 132 cm³/mol. The molecule has 4 rings (SSSR count). The Labute approximate surface area is 205 Å². The third kappa shape index (κ3) is 5.81. The Hall–Kier alpha value is -3.54. The van der Waals surface area contributed by atoms with Crippen molar-refractivity contribution >= 4 is 24.6 Å². The Morgan fingerprint density at radius 2 is 1.67 bits per heavy atom. The average molecular weight is 515 g/mol. The molecule has 0 saturated heterocycles. The van der Waals surface area contributed by atoms with Gasteiger partial charge in [-0.05, 0) is 11.1 Å². The van der Waals surface area contributed by atoms with Gasteiger partial charge in [-0.1, -0.05) is 60.7 Å². The van der Waals surface area contributed by atoms with E-state index in [1.807, 2.05) is 6.07 Å². The van der Waals surface area contributed by atoms with Gasteiger partial charge in [0.1, 0.15) is 24.6 Å². The molecule has 2 aromatic carbocycles. The van der Waals surface area contributed by atoms with Crippen LogP contribution in [0.1, 0.15) is 23.3 Å². The second-order valence-corrected chi connectivity index (χ2v) is 9.47. The maximum atomic E-state index is 13.3. The fourth-order valence-corrected chi connectivity index (χ4v) is 4.20. The van der Waals surface area contributed by atoms with Crippen LogP contribution in [-0.4, -0.2) is 56.0 Å². The molecule has 0 aliphatic rings. The van der Waals surface area contributed by atoms with E-state index in [-0.39, 0.29) is 29.6 Å². The number of imidazole rings is 1. The van der Waals surface area contributed by atoms with Crippen molar-refractivity contribution in [2.24, 2.45) is 0 Å². The summed E-state index contributed by atoms with van der Waals surface area (Å²) < 4.78 is 29.4. The quantitative estimate of drug-likeness (QED) is 0.171. The second-order valence-electron chi connectivity index (χ2n) is 7.88. The molecule has 2 atom stereocenters. The summed E-state index contributed by atoms with van der Waals surface area (Å²) in [7, 11) is -3.01. The van der Waals surface area contributed by atoms with Gasteiger partial charge >= 0.3 is 19.3 Å². The van der Waals surface area contributed by atoms with Crippen molar-refractivity contribution in [1.82, 2.24) is 19.5 Å². The highest BCUT2D eigenvalue weighted by atomic mass is 31.2. The standard InChI is InChI=1S/C23H26N5O7P/c1-33-12-13-34-22-26-20(24)17-21(27-22)28(23(29)25-17)18(15-8-4-2-5-9-15)19(35-14-36(30,31)32)16-10-6-3-7-11-16/h2-11,18-19H,12-14H2,1H3,(H,25,29)(H2,24,26,27)(H2,30,31,32)/t18-,19-/m1/s1. The molecule has 13 heteroatoms. The number of ether oxygens (including phenoxy) is 3. The Kier molecular flexibility index (Phi) is 7.82. The zero-order valence-electron chi connectivity index (χ0n) is 19.4. The highest BCUT2D eigenvalue weighted by Gasteiger charge is 2.33. The lowest BCUT2D eigenvalue weighted by atomic mass is 9.95. The van der Waals surface area contributed by atoms with Gasteiger partial charge in [0.2, 0.25) is 0 Å². The van der Waals surface area contributed by atoms with Gasteiger partial charge in [0.25, 0.3) is 0 Å². The summed E-state index contributed by atoms with van der Waals surface area (Å²) >= 11 is 0. The monoisotopic (exact) mass is 515 g/mol. The number of benzene rings is 2. The molecule has 36 heavy (non-hydrogen) atoms. The molecule has 0 spiro atoms. The van der Waals surface area contributed by atoms with Crippen LogP contribution in [0.2, 0.25) is 0 Å². The lowest BCUT2D eigenvalue weighted by molar-refractivity contribution is 0.0457. The van der Waals surface area contributed by atoms with Crippen LogP contribution in [-0.2, 0) is 14.0 Å². The third-order valence-corrected chi connectivity index (χ3v) is 5.84. The lowest BCUT2D eigenvalue weighted by Crippen LogP contribution is -2.30. The van der Waals surface area contributed by atoms with Crippen molar-refractivity contribution in [2.75, 3.05) is 32.4 Å². The van der Waals surface area contributed by atoms with E-state index in [9.17, 15) is 19.1 Å². The van der Waals surface area contributed by atoms with Gasteiger partial charge in [-0.15, -0.1) is 0 Å². The molecule has 2 heterocycles. The molecular formula is C23H26N5O7P.